The van der Waals surface area contributed by atoms with Crippen LogP contribution in [0, 0.1) is 6.92 Å². The summed E-state index contributed by atoms with van der Waals surface area (Å²) in [5, 5.41) is 3.02. The highest BCUT2D eigenvalue weighted by molar-refractivity contribution is 6.77. The van der Waals surface area contributed by atoms with Gasteiger partial charge in [-0.2, -0.15) is 13.2 Å². The Balaban J connectivity index is 1.83. The molecule has 0 unspecified atom stereocenters. The van der Waals surface area contributed by atoms with E-state index < -0.39 is 19.8 Å². The number of alkyl halides is 3. The summed E-state index contributed by atoms with van der Waals surface area (Å²) in [6.45, 7) is 6.32. The minimum Gasteiger partial charge on any atom is -0.351 e. The average Bonchev–Trinajstić information content (AvgIpc) is 2.91. The zero-order valence-electron chi connectivity index (χ0n) is 14.7. The van der Waals surface area contributed by atoms with Crippen LogP contribution in [0.25, 0.3) is 10.9 Å². The molecule has 2 N–H and O–H groups in total. The van der Waals surface area contributed by atoms with Crippen molar-refractivity contribution >= 4 is 24.9 Å². The van der Waals surface area contributed by atoms with Gasteiger partial charge in [0.25, 0.3) is 5.91 Å². The maximum atomic E-state index is 13.2. The van der Waals surface area contributed by atoms with Crippen molar-refractivity contribution in [2.24, 2.45) is 0 Å². The van der Waals surface area contributed by atoms with E-state index in [4.69, 9.17) is 0 Å². The second kappa shape index (κ2) is 6.19. The molecule has 2 aromatic rings. The first-order chi connectivity index (χ1) is 11.5. The molecule has 0 aliphatic carbocycles. The van der Waals surface area contributed by atoms with Gasteiger partial charge < -0.3 is 10.3 Å². The van der Waals surface area contributed by atoms with Gasteiger partial charge in [0, 0.05) is 25.0 Å². The van der Waals surface area contributed by atoms with E-state index in [1.165, 1.54) is 18.2 Å². The number of aryl methyl sites for hydroxylation is 1. The van der Waals surface area contributed by atoms with Crippen LogP contribution in [0.1, 0.15) is 34.5 Å². The van der Waals surface area contributed by atoms with Crippen LogP contribution in [0.15, 0.2) is 18.2 Å². The van der Waals surface area contributed by atoms with Crippen molar-refractivity contribution in [1.82, 2.24) is 10.3 Å². The highest BCUT2D eigenvalue weighted by Gasteiger charge is 2.34. The van der Waals surface area contributed by atoms with Crippen LogP contribution in [0.2, 0.25) is 25.2 Å². The molecule has 0 atom stereocenters. The first-order valence-electron chi connectivity index (χ1n) is 8.57. The molecule has 0 saturated carbocycles. The van der Waals surface area contributed by atoms with E-state index in [0.29, 0.717) is 11.1 Å². The second-order valence-electron chi connectivity index (χ2n) is 7.87. The number of benzene rings is 1. The summed E-state index contributed by atoms with van der Waals surface area (Å²) in [7, 11) is -1.11. The molecule has 2 heterocycles. The Hall–Kier alpha value is -1.76. The Bertz CT molecular complexity index is 800. The third-order valence-corrected chi connectivity index (χ3v) is 8.39. The fraction of sp³-hybridized carbons (Fsp3) is 0.500. The highest BCUT2D eigenvalue weighted by atomic mass is 28.3. The van der Waals surface area contributed by atoms with Gasteiger partial charge in [-0.3, -0.25) is 4.79 Å². The van der Waals surface area contributed by atoms with Gasteiger partial charge in [0.05, 0.1) is 5.56 Å². The van der Waals surface area contributed by atoms with Gasteiger partial charge in [-0.25, -0.2) is 0 Å². The van der Waals surface area contributed by atoms with Crippen LogP contribution in [0.3, 0.4) is 0 Å². The lowest BCUT2D eigenvalue weighted by atomic mass is 10.1. The number of halogens is 3. The number of hydrogen-bond acceptors (Lipinski definition) is 1. The molecule has 7 heteroatoms. The average molecular weight is 368 g/mol. The third-order valence-electron chi connectivity index (χ3n) is 5.11. The molecule has 25 heavy (non-hydrogen) atoms. The number of carbonyl (C=O) groups excluding carboxylic acids is 1. The topological polar surface area (TPSA) is 44.9 Å². The Morgan fingerprint density at radius 2 is 1.84 bits per heavy atom. The van der Waals surface area contributed by atoms with E-state index in [9.17, 15) is 18.0 Å². The van der Waals surface area contributed by atoms with Gasteiger partial charge >= 0.3 is 6.18 Å². The van der Waals surface area contributed by atoms with Crippen molar-refractivity contribution in [2.75, 3.05) is 0 Å². The molecule has 1 aromatic heterocycles. The maximum absolute atomic E-state index is 13.2. The predicted octanol–water partition coefficient (Wildman–Crippen LogP) is 5.10. The number of fused-ring (bicyclic) bond motifs is 1. The number of amides is 1. The van der Waals surface area contributed by atoms with E-state index >= 15 is 0 Å². The Labute approximate surface area is 146 Å². The number of rotatable bonds is 2. The van der Waals surface area contributed by atoms with Gasteiger partial charge in [-0.15, -0.1) is 0 Å². The minimum atomic E-state index is -4.44. The Morgan fingerprint density at radius 1 is 1.20 bits per heavy atom. The molecular weight excluding hydrogens is 345 g/mol. The Morgan fingerprint density at radius 3 is 2.44 bits per heavy atom. The molecule has 136 valence electrons. The van der Waals surface area contributed by atoms with Crippen LogP contribution >= 0.6 is 0 Å². The molecule has 0 spiro atoms. The first kappa shape index (κ1) is 18.0. The third kappa shape index (κ3) is 3.91. The van der Waals surface area contributed by atoms with Crippen molar-refractivity contribution in [3.05, 3.63) is 35.0 Å². The van der Waals surface area contributed by atoms with Gasteiger partial charge in [0.15, 0.2) is 0 Å². The van der Waals surface area contributed by atoms with Crippen LogP contribution < -0.4 is 5.32 Å². The minimum absolute atomic E-state index is 0.0421. The van der Waals surface area contributed by atoms with E-state index in [1.807, 2.05) is 0 Å². The number of aromatic amines is 1. The van der Waals surface area contributed by atoms with E-state index in [2.05, 4.69) is 23.4 Å². The molecule has 1 saturated heterocycles. The summed E-state index contributed by atoms with van der Waals surface area (Å²) in [5.41, 5.74) is 0.333. The van der Waals surface area contributed by atoms with Crippen LogP contribution in [0.4, 0.5) is 13.2 Å². The predicted molar refractivity (Wildman–Crippen MR) is 95.6 cm³/mol. The summed E-state index contributed by atoms with van der Waals surface area (Å²) < 4.78 is 39.7. The first-order valence-corrected chi connectivity index (χ1v) is 12.0. The molecule has 3 nitrogen and oxygen atoms in total. The highest BCUT2D eigenvalue weighted by Crippen LogP contribution is 2.36. The fourth-order valence-corrected chi connectivity index (χ4v) is 6.06. The monoisotopic (exact) mass is 368 g/mol. The molecule has 1 aliphatic heterocycles. The maximum Gasteiger partial charge on any atom is 0.417 e. The quantitative estimate of drug-likeness (QED) is 0.712. The standard InChI is InChI=1S/C18H23F3N2OSi/c1-11-8-14(18(19,20)21)13-10-16(23-15(13)9-11)17(24)22-12-4-6-25(2,3)7-5-12/h8-10,12,23H,4-7H2,1-3H3,(H,22,24). The lowest BCUT2D eigenvalue weighted by molar-refractivity contribution is -0.136. The van der Waals surface area contributed by atoms with Crippen LogP contribution in [-0.4, -0.2) is 25.0 Å². The lowest BCUT2D eigenvalue weighted by Gasteiger charge is -2.33. The molecule has 3 rings (SSSR count). The molecule has 1 aromatic carbocycles. The number of aromatic nitrogens is 1. The SMILES string of the molecule is Cc1cc(C(F)(F)F)c2cc(C(=O)NC3CC[Si](C)(C)CC3)[nH]c2c1. The lowest BCUT2D eigenvalue weighted by Crippen LogP contribution is -2.42. The largest absolute Gasteiger partial charge is 0.417 e. The molecular formula is C18H23F3N2OSi. The summed E-state index contributed by atoms with van der Waals surface area (Å²) >= 11 is 0. The van der Waals surface area contributed by atoms with Crippen molar-refractivity contribution in [2.45, 2.75) is 57.2 Å². The van der Waals surface area contributed by atoms with Crippen molar-refractivity contribution in [3.63, 3.8) is 0 Å². The van der Waals surface area contributed by atoms with E-state index in [1.54, 1.807) is 13.0 Å². The van der Waals surface area contributed by atoms with Gasteiger partial charge in [-0.1, -0.05) is 25.2 Å². The molecule has 0 bridgehead atoms. The number of H-pyrrole nitrogens is 1. The normalized spacial score (nSPS) is 18.5. The second-order valence-corrected chi connectivity index (χ2v) is 13.2. The van der Waals surface area contributed by atoms with E-state index in [-0.39, 0.29) is 23.0 Å². The summed E-state index contributed by atoms with van der Waals surface area (Å²) in [5.74, 6) is -0.326. The molecule has 1 aliphatic rings. The number of carbonyl (C=O) groups is 1. The van der Waals surface area contributed by atoms with Crippen molar-refractivity contribution in [3.8, 4) is 0 Å². The zero-order chi connectivity index (χ0) is 18.4. The zero-order valence-corrected chi connectivity index (χ0v) is 15.7. The van der Waals surface area contributed by atoms with Crippen LogP contribution in [0.5, 0.6) is 0 Å². The van der Waals surface area contributed by atoms with Crippen LogP contribution in [-0.2, 0) is 6.18 Å². The number of nitrogens with one attached hydrogen (secondary N) is 2. The Kier molecular flexibility index (Phi) is 4.47. The fourth-order valence-electron chi connectivity index (χ4n) is 3.55. The van der Waals surface area contributed by atoms with Crippen molar-refractivity contribution < 1.29 is 18.0 Å². The van der Waals surface area contributed by atoms with Gasteiger partial charge in [0.2, 0.25) is 0 Å². The molecule has 1 amide bonds. The molecule has 1 fully saturated rings. The molecule has 0 radical (unpaired) electrons. The van der Waals surface area contributed by atoms with E-state index in [0.717, 1.165) is 18.9 Å². The van der Waals surface area contributed by atoms with Crippen molar-refractivity contribution in [1.29, 1.82) is 0 Å². The van der Waals surface area contributed by atoms with Gasteiger partial charge in [0.1, 0.15) is 5.69 Å². The summed E-state index contributed by atoms with van der Waals surface area (Å²) in [4.78, 5) is 15.3. The van der Waals surface area contributed by atoms with Gasteiger partial charge in [-0.05, 0) is 43.5 Å². The summed E-state index contributed by atoms with van der Waals surface area (Å²) in [6, 6.07) is 6.52. The number of hydrogen-bond donors (Lipinski definition) is 2. The smallest absolute Gasteiger partial charge is 0.351 e. The summed E-state index contributed by atoms with van der Waals surface area (Å²) in [6.07, 6.45) is -2.53.